The molecule has 0 aromatic heterocycles. The predicted octanol–water partition coefficient (Wildman–Crippen LogP) is -2.08. The zero-order chi connectivity index (χ0) is 11.7. The van der Waals surface area contributed by atoms with Gasteiger partial charge in [-0.3, -0.25) is 0 Å². The van der Waals surface area contributed by atoms with E-state index >= 15 is 0 Å². The van der Waals surface area contributed by atoms with Crippen LogP contribution >= 0.6 is 0 Å². The second-order valence-corrected chi connectivity index (χ2v) is 4.01. The van der Waals surface area contributed by atoms with Crippen molar-refractivity contribution in [3.63, 3.8) is 0 Å². The minimum absolute atomic E-state index is 0. The van der Waals surface area contributed by atoms with Crippen LogP contribution in [-0.2, 0) is 6.42 Å². The average Bonchev–Trinajstić information content (AvgIpc) is 2.80. The maximum Gasteiger partial charge on any atom is 1.00 e. The monoisotopic (exact) mass is 249 g/mol. The van der Waals surface area contributed by atoms with Crippen molar-refractivity contribution < 1.29 is 31.0 Å². The van der Waals surface area contributed by atoms with Crippen molar-refractivity contribution in [2.45, 2.75) is 12.1 Å². The van der Waals surface area contributed by atoms with Crippen LogP contribution in [0.25, 0.3) is 0 Å². The molecule has 0 amide bonds. The first kappa shape index (κ1) is 13.3. The third-order valence-corrected chi connectivity index (χ3v) is 2.77. The number of fused-ring (bicyclic) bond motifs is 1. The molecule has 3 rings (SSSR count). The number of hydrogen-bond acceptors (Lipinski definition) is 5. The molecule has 2 aliphatic rings. The van der Waals surface area contributed by atoms with Crippen molar-refractivity contribution in [3.05, 3.63) is 35.9 Å². The molecular formula is C12H12N5Na. The standard InChI is InChI=1S/C12H11N5.Na.H/c13-12(6-9-4-2-1-3-5-9)10-11(15-7-14-10)16-8-17-12;;/h1-5,7-8H,6,13H2;;/q;+1;-1. The number of nitrogens with two attached hydrogens (primary N) is 1. The molecule has 0 aliphatic carbocycles. The molecule has 2 aliphatic heterocycles. The third-order valence-electron chi connectivity index (χ3n) is 2.77. The summed E-state index contributed by atoms with van der Waals surface area (Å²) in [6.45, 7) is 0. The molecule has 86 valence electrons. The van der Waals surface area contributed by atoms with Crippen LogP contribution in [0, 0.1) is 0 Å². The first-order valence-electron chi connectivity index (χ1n) is 5.33. The van der Waals surface area contributed by atoms with Crippen LogP contribution < -0.4 is 35.3 Å². The first-order valence-corrected chi connectivity index (χ1v) is 5.33. The van der Waals surface area contributed by atoms with Gasteiger partial charge >= 0.3 is 29.6 Å². The van der Waals surface area contributed by atoms with E-state index in [1.54, 1.807) is 0 Å². The van der Waals surface area contributed by atoms with Gasteiger partial charge in [-0.1, -0.05) is 30.3 Å². The van der Waals surface area contributed by atoms with Gasteiger partial charge in [-0.15, -0.1) is 0 Å². The number of aliphatic imine (C=N–C) groups is 4. The third kappa shape index (κ3) is 2.35. The molecule has 1 unspecified atom stereocenters. The second kappa shape index (κ2) is 5.24. The van der Waals surface area contributed by atoms with Crippen molar-refractivity contribution in [2.24, 2.45) is 25.7 Å². The van der Waals surface area contributed by atoms with Gasteiger partial charge in [0.25, 0.3) is 0 Å². The summed E-state index contributed by atoms with van der Waals surface area (Å²) in [5.41, 5.74) is 7.19. The van der Waals surface area contributed by atoms with E-state index < -0.39 is 5.66 Å². The molecule has 0 fully saturated rings. The molecular weight excluding hydrogens is 237 g/mol. The van der Waals surface area contributed by atoms with E-state index in [-0.39, 0.29) is 31.0 Å². The normalized spacial score (nSPS) is 24.1. The van der Waals surface area contributed by atoms with Crippen LogP contribution in [0.15, 0.2) is 50.3 Å². The Morgan fingerprint density at radius 3 is 2.67 bits per heavy atom. The molecule has 0 bridgehead atoms. The Balaban J connectivity index is 0.000000902. The van der Waals surface area contributed by atoms with Crippen LogP contribution in [0.1, 0.15) is 6.99 Å². The molecule has 0 saturated carbocycles. The summed E-state index contributed by atoms with van der Waals surface area (Å²) in [6.07, 6.45) is 3.51. The van der Waals surface area contributed by atoms with Gasteiger partial charge in [-0.05, 0) is 5.56 Å². The molecule has 0 radical (unpaired) electrons. The zero-order valence-electron chi connectivity index (χ0n) is 11.1. The van der Waals surface area contributed by atoms with Gasteiger partial charge in [0.2, 0.25) is 0 Å². The average molecular weight is 249 g/mol. The summed E-state index contributed by atoms with van der Waals surface area (Å²) in [5.74, 6) is 0.568. The number of rotatable bonds is 2. The number of benzene rings is 1. The van der Waals surface area contributed by atoms with Gasteiger partial charge in [0.1, 0.15) is 18.4 Å². The quantitative estimate of drug-likeness (QED) is 0.600. The van der Waals surface area contributed by atoms with E-state index in [4.69, 9.17) is 5.73 Å². The number of nitrogens with zero attached hydrogens (tertiary/aromatic N) is 4. The Morgan fingerprint density at radius 1 is 1.11 bits per heavy atom. The smallest absolute Gasteiger partial charge is 1.00 e. The van der Waals surface area contributed by atoms with Gasteiger partial charge in [0.05, 0.1) is 0 Å². The van der Waals surface area contributed by atoms with Crippen LogP contribution in [0.4, 0.5) is 0 Å². The number of hydrogen-bond donors (Lipinski definition) is 1. The van der Waals surface area contributed by atoms with Crippen LogP contribution in [0.2, 0.25) is 0 Å². The van der Waals surface area contributed by atoms with Gasteiger partial charge < -0.3 is 7.16 Å². The molecule has 0 spiro atoms. The fraction of sp³-hybridized carbons (Fsp3) is 0.167. The minimum Gasteiger partial charge on any atom is -1.00 e. The fourth-order valence-corrected chi connectivity index (χ4v) is 1.94. The summed E-state index contributed by atoms with van der Waals surface area (Å²) in [4.78, 5) is 16.5. The SMILES string of the molecule is NC1(Cc2ccccc2)N=CN=C2N=CN=C21.[H-].[Na+]. The van der Waals surface area contributed by atoms with E-state index in [0.29, 0.717) is 18.0 Å². The molecule has 1 aromatic rings. The first-order chi connectivity index (χ1) is 8.28. The summed E-state index contributed by atoms with van der Waals surface area (Å²) < 4.78 is 0. The van der Waals surface area contributed by atoms with Crippen LogP contribution in [0.5, 0.6) is 0 Å². The fourth-order valence-electron chi connectivity index (χ4n) is 1.94. The van der Waals surface area contributed by atoms with E-state index in [1.807, 2.05) is 30.3 Å². The van der Waals surface area contributed by atoms with Crippen molar-refractivity contribution in [3.8, 4) is 0 Å². The van der Waals surface area contributed by atoms with Crippen molar-refractivity contribution in [1.82, 2.24) is 0 Å². The second-order valence-electron chi connectivity index (χ2n) is 4.01. The maximum absolute atomic E-state index is 6.29. The van der Waals surface area contributed by atoms with Crippen molar-refractivity contribution in [2.75, 3.05) is 0 Å². The van der Waals surface area contributed by atoms with Gasteiger partial charge in [-0.2, -0.15) is 0 Å². The molecule has 0 saturated heterocycles. The Morgan fingerprint density at radius 2 is 1.89 bits per heavy atom. The molecule has 18 heavy (non-hydrogen) atoms. The molecule has 6 heteroatoms. The minimum atomic E-state index is -0.852. The summed E-state index contributed by atoms with van der Waals surface area (Å²) in [6, 6.07) is 9.97. The predicted molar refractivity (Wildman–Crippen MR) is 70.0 cm³/mol. The Bertz CT molecular complexity index is 567. The summed E-state index contributed by atoms with van der Waals surface area (Å²) in [5, 5.41) is 0. The Kier molecular flexibility index (Phi) is 3.87. The molecule has 1 aromatic carbocycles. The molecule has 5 nitrogen and oxygen atoms in total. The molecule has 2 heterocycles. The van der Waals surface area contributed by atoms with Crippen LogP contribution in [0.3, 0.4) is 0 Å². The van der Waals surface area contributed by atoms with E-state index in [2.05, 4.69) is 20.0 Å². The Hall–Kier alpha value is -1.14. The molecule has 2 N–H and O–H groups in total. The van der Waals surface area contributed by atoms with Crippen LogP contribution in [-0.4, -0.2) is 29.9 Å². The van der Waals surface area contributed by atoms with E-state index in [1.165, 1.54) is 12.7 Å². The summed E-state index contributed by atoms with van der Waals surface area (Å²) >= 11 is 0. The Labute approximate surface area is 128 Å². The van der Waals surface area contributed by atoms with E-state index in [0.717, 1.165) is 5.56 Å². The molecule has 1 atom stereocenters. The van der Waals surface area contributed by atoms with Gasteiger partial charge in [0, 0.05) is 6.42 Å². The van der Waals surface area contributed by atoms with Crippen molar-refractivity contribution >= 4 is 24.2 Å². The van der Waals surface area contributed by atoms with Gasteiger partial charge in [0.15, 0.2) is 11.5 Å². The number of amidine groups is 1. The topological polar surface area (TPSA) is 75.5 Å². The maximum atomic E-state index is 6.29. The van der Waals surface area contributed by atoms with E-state index in [9.17, 15) is 0 Å². The summed E-state index contributed by atoms with van der Waals surface area (Å²) in [7, 11) is 0. The van der Waals surface area contributed by atoms with Gasteiger partial charge in [-0.25, -0.2) is 20.0 Å². The largest absolute Gasteiger partial charge is 1.00 e. The van der Waals surface area contributed by atoms with Crippen molar-refractivity contribution in [1.29, 1.82) is 0 Å². The zero-order valence-corrected chi connectivity index (χ0v) is 12.1.